The van der Waals surface area contributed by atoms with Gasteiger partial charge >= 0.3 is 0 Å². The number of hydrogen-bond acceptors (Lipinski definition) is 2. The number of rotatable bonds is 5. The summed E-state index contributed by atoms with van der Waals surface area (Å²) in [5.74, 6) is 0. The maximum absolute atomic E-state index is 9.86. The van der Waals surface area contributed by atoms with Gasteiger partial charge in [0.05, 0.1) is 6.10 Å². The summed E-state index contributed by atoms with van der Waals surface area (Å²) in [6.45, 7) is 11.2. The summed E-state index contributed by atoms with van der Waals surface area (Å²) in [6.07, 6.45) is 4.56. The molecule has 1 aliphatic heterocycles. The third-order valence-electron chi connectivity index (χ3n) is 4.52. The summed E-state index contributed by atoms with van der Waals surface area (Å²) in [5.41, 5.74) is 0.529. The van der Waals surface area contributed by atoms with Crippen molar-refractivity contribution in [3.63, 3.8) is 0 Å². The molecule has 1 rings (SSSR count). The van der Waals surface area contributed by atoms with E-state index in [4.69, 9.17) is 0 Å². The third kappa shape index (κ3) is 2.73. The molecule has 0 bridgehead atoms. The minimum atomic E-state index is -0.158. The van der Waals surface area contributed by atoms with Crippen molar-refractivity contribution < 1.29 is 5.11 Å². The predicted octanol–water partition coefficient (Wildman–Crippen LogP) is 2.66. The van der Waals surface area contributed by atoms with Crippen LogP contribution in [0.15, 0.2) is 0 Å². The van der Waals surface area contributed by atoms with Crippen molar-refractivity contribution in [2.45, 2.75) is 65.5 Å². The Labute approximate surface area is 94.7 Å². The first kappa shape index (κ1) is 13.0. The number of aliphatic hydroxyl groups excluding tert-OH is 1. The van der Waals surface area contributed by atoms with E-state index in [0.29, 0.717) is 11.5 Å². The van der Waals surface area contributed by atoms with Gasteiger partial charge in [-0.05, 0) is 44.6 Å². The molecule has 0 aromatic heterocycles. The second-order valence-electron chi connectivity index (χ2n) is 5.14. The largest absolute Gasteiger partial charge is 0.392 e. The van der Waals surface area contributed by atoms with Gasteiger partial charge in [0.15, 0.2) is 0 Å². The summed E-state index contributed by atoms with van der Waals surface area (Å²) >= 11 is 0. The van der Waals surface area contributed by atoms with Crippen LogP contribution >= 0.6 is 0 Å². The molecule has 0 aromatic carbocycles. The first-order chi connectivity index (χ1) is 7.08. The van der Waals surface area contributed by atoms with Gasteiger partial charge < -0.3 is 5.11 Å². The lowest BCUT2D eigenvalue weighted by Gasteiger charge is -2.31. The van der Waals surface area contributed by atoms with E-state index < -0.39 is 0 Å². The summed E-state index contributed by atoms with van der Waals surface area (Å²) < 4.78 is 0. The van der Waals surface area contributed by atoms with E-state index in [1.165, 1.54) is 32.4 Å². The molecule has 1 fully saturated rings. The van der Waals surface area contributed by atoms with Crippen LogP contribution < -0.4 is 0 Å². The van der Waals surface area contributed by atoms with Crippen LogP contribution in [0.4, 0.5) is 0 Å². The molecule has 90 valence electrons. The molecule has 1 N–H and O–H groups in total. The highest BCUT2D eigenvalue weighted by molar-refractivity contribution is 4.91. The molecule has 0 saturated carbocycles. The Morgan fingerprint density at radius 3 is 2.27 bits per heavy atom. The van der Waals surface area contributed by atoms with Gasteiger partial charge in [-0.15, -0.1) is 0 Å². The maximum atomic E-state index is 9.86. The fourth-order valence-corrected chi connectivity index (χ4v) is 2.73. The van der Waals surface area contributed by atoms with Crippen LogP contribution in [-0.2, 0) is 0 Å². The van der Waals surface area contributed by atoms with E-state index in [9.17, 15) is 5.11 Å². The average Bonchev–Trinajstić information content (AvgIpc) is 2.72. The van der Waals surface area contributed by atoms with Gasteiger partial charge in [0.1, 0.15) is 0 Å². The lowest BCUT2D eigenvalue weighted by atomic mass is 9.82. The molecule has 0 spiro atoms. The molecule has 1 saturated heterocycles. The average molecular weight is 213 g/mol. The number of aliphatic hydroxyl groups is 1. The molecular weight excluding hydrogens is 186 g/mol. The Morgan fingerprint density at radius 2 is 1.87 bits per heavy atom. The Hall–Kier alpha value is -0.0800. The van der Waals surface area contributed by atoms with Crippen molar-refractivity contribution in [1.29, 1.82) is 0 Å². The Morgan fingerprint density at radius 1 is 1.27 bits per heavy atom. The van der Waals surface area contributed by atoms with Gasteiger partial charge in [-0.2, -0.15) is 0 Å². The van der Waals surface area contributed by atoms with Crippen molar-refractivity contribution >= 4 is 0 Å². The molecule has 2 heteroatoms. The van der Waals surface area contributed by atoms with Gasteiger partial charge in [-0.3, -0.25) is 4.90 Å². The number of likely N-dealkylation sites (tertiary alicyclic amines) is 1. The quantitative estimate of drug-likeness (QED) is 0.759. The zero-order valence-electron chi connectivity index (χ0n) is 10.8. The number of hydrogen-bond donors (Lipinski definition) is 1. The van der Waals surface area contributed by atoms with Crippen LogP contribution in [0, 0.1) is 5.41 Å². The van der Waals surface area contributed by atoms with Crippen LogP contribution in [-0.4, -0.2) is 35.2 Å². The molecule has 1 heterocycles. The first-order valence-electron chi connectivity index (χ1n) is 6.50. The lowest BCUT2D eigenvalue weighted by molar-refractivity contribution is 0.0613. The number of nitrogens with zero attached hydrogens (tertiary/aromatic N) is 1. The highest BCUT2D eigenvalue weighted by atomic mass is 16.3. The third-order valence-corrected chi connectivity index (χ3v) is 4.52. The Kier molecular flexibility index (Phi) is 4.60. The van der Waals surface area contributed by atoms with Crippen molar-refractivity contribution in [2.24, 2.45) is 5.41 Å². The van der Waals surface area contributed by atoms with Gasteiger partial charge in [0.2, 0.25) is 0 Å². The summed E-state index contributed by atoms with van der Waals surface area (Å²) in [4.78, 5) is 2.47. The summed E-state index contributed by atoms with van der Waals surface area (Å²) in [7, 11) is 0. The standard InChI is InChI=1S/C13H27NO/c1-5-12(15)11(4)14-9-8-13(6-2,7-3)10-14/h11-12,15H,5-10H2,1-4H3. The van der Waals surface area contributed by atoms with Gasteiger partial charge in [-0.25, -0.2) is 0 Å². The fourth-order valence-electron chi connectivity index (χ4n) is 2.73. The molecule has 15 heavy (non-hydrogen) atoms. The molecule has 0 aromatic rings. The van der Waals surface area contributed by atoms with Crippen LogP contribution in [0.25, 0.3) is 0 Å². The monoisotopic (exact) mass is 213 g/mol. The second kappa shape index (κ2) is 5.31. The zero-order chi connectivity index (χ0) is 11.5. The van der Waals surface area contributed by atoms with E-state index in [0.717, 1.165) is 6.42 Å². The second-order valence-corrected chi connectivity index (χ2v) is 5.14. The summed E-state index contributed by atoms with van der Waals surface area (Å²) in [5, 5.41) is 9.86. The topological polar surface area (TPSA) is 23.5 Å². The molecule has 2 atom stereocenters. The minimum absolute atomic E-state index is 0.158. The molecule has 2 nitrogen and oxygen atoms in total. The smallest absolute Gasteiger partial charge is 0.0690 e. The molecule has 0 radical (unpaired) electrons. The van der Waals surface area contributed by atoms with E-state index in [2.05, 4.69) is 32.6 Å². The van der Waals surface area contributed by atoms with Crippen LogP contribution in [0.1, 0.15) is 53.4 Å². The molecule has 1 aliphatic rings. The van der Waals surface area contributed by atoms with E-state index >= 15 is 0 Å². The highest BCUT2D eigenvalue weighted by Crippen LogP contribution is 2.38. The van der Waals surface area contributed by atoms with Gasteiger partial charge in [-0.1, -0.05) is 20.8 Å². The van der Waals surface area contributed by atoms with Crippen LogP contribution in [0.5, 0.6) is 0 Å². The summed E-state index contributed by atoms with van der Waals surface area (Å²) in [6, 6.07) is 0.329. The van der Waals surface area contributed by atoms with Crippen molar-refractivity contribution in [3.8, 4) is 0 Å². The molecule has 0 aliphatic carbocycles. The normalized spacial score (nSPS) is 25.4. The van der Waals surface area contributed by atoms with E-state index in [-0.39, 0.29) is 6.10 Å². The van der Waals surface area contributed by atoms with Crippen LogP contribution in [0.3, 0.4) is 0 Å². The van der Waals surface area contributed by atoms with Crippen molar-refractivity contribution in [2.75, 3.05) is 13.1 Å². The zero-order valence-corrected chi connectivity index (χ0v) is 10.8. The fraction of sp³-hybridized carbons (Fsp3) is 1.00. The van der Waals surface area contributed by atoms with Gasteiger partial charge in [0, 0.05) is 12.6 Å². The molecule has 2 unspecified atom stereocenters. The van der Waals surface area contributed by atoms with Crippen molar-refractivity contribution in [3.05, 3.63) is 0 Å². The molecule has 0 amide bonds. The first-order valence-corrected chi connectivity index (χ1v) is 6.50. The SMILES string of the molecule is CCC(O)C(C)N1CCC(CC)(CC)C1. The molecular formula is C13H27NO. The predicted molar refractivity (Wildman–Crippen MR) is 65.0 cm³/mol. The highest BCUT2D eigenvalue weighted by Gasteiger charge is 2.37. The van der Waals surface area contributed by atoms with Gasteiger partial charge in [0.25, 0.3) is 0 Å². The minimum Gasteiger partial charge on any atom is -0.392 e. The Bertz CT molecular complexity index is 189. The Balaban J connectivity index is 2.55. The van der Waals surface area contributed by atoms with Crippen LogP contribution in [0.2, 0.25) is 0 Å². The van der Waals surface area contributed by atoms with E-state index in [1.54, 1.807) is 0 Å². The maximum Gasteiger partial charge on any atom is 0.0690 e. The van der Waals surface area contributed by atoms with E-state index in [1.807, 2.05) is 0 Å². The lowest BCUT2D eigenvalue weighted by Crippen LogP contribution is -2.41. The van der Waals surface area contributed by atoms with Crippen molar-refractivity contribution in [1.82, 2.24) is 4.90 Å².